The van der Waals surface area contributed by atoms with E-state index in [9.17, 15) is 18.9 Å². The van der Waals surface area contributed by atoms with Crippen LogP contribution in [0.15, 0.2) is 30.6 Å². The Kier molecular flexibility index (Phi) is 5.09. The number of halogens is 2. The molecule has 4 heterocycles. The van der Waals surface area contributed by atoms with Crippen molar-refractivity contribution in [1.29, 1.82) is 5.26 Å². The van der Waals surface area contributed by atoms with Crippen LogP contribution in [0.5, 0.6) is 11.6 Å². The number of hydrogen-bond donors (Lipinski definition) is 0. The minimum absolute atomic E-state index is 0.133. The van der Waals surface area contributed by atoms with E-state index in [4.69, 9.17) is 10.00 Å². The summed E-state index contributed by atoms with van der Waals surface area (Å²) in [5.41, 5.74) is 1.34. The zero-order chi connectivity index (χ0) is 23.0. The van der Waals surface area contributed by atoms with E-state index in [-0.39, 0.29) is 23.3 Å². The second kappa shape index (κ2) is 7.77. The highest BCUT2D eigenvalue weighted by Gasteiger charge is 2.45. The van der Waals surface area contributed by atoms with Crippen molar-refractivity contribution in [1.82, 2.24) is 19.9 Å². The highest BCUT2D eigenvalue weighted by atomic mass is 19.3. The maximum absolute atomic E-state index is 13.2. The molecule has 10 nitrogen and oxygen atoms in total. The Labute approximate surface area is 180 Å². The second-order valence-corrected chi connectivity index (χ2v) is 7.19. The molecular weight excluding hydrogens is 424 g/mol. The lowest BCUT2D eigenvalue weighted by atomic mass is 10.1. The summed E-state index contributed by atoms with van der Waals surface area (Å²) in [6.07, 6.45) is 2.85. The van der Waals surface area contributed by atoms with Gasteiger partial charge in [0.05, 0.1) is 40.7 Å². The Balaban J connectivity index is 1.70. The van der Waals surface area contributed by atoms with Crippen LogP contribution in [0.25, 0.3) is 11.3 Å². The van der Waals surface area contributed by atoms with Gasteiger partial charge in [-0.3, -0.25) is 15.1 Å². The lowest BCUT2D eigenvalue weighted by Crippen LogP contribution is -2.57. The van der Waals surface area contributed by atoms with Crippen LogP contribution in [0.4, 0.5) is 20.4 Å². The van der Waals surface area contributed by atoms with Gasteiger partial charge in [-0.1, -0.05) is 0 Å². The lowest BCUT2D eigenvalue weighted by Gasteiger charge is -2.38. The predicted octanol–water partition coefficient (Wildman–Crippen LogP) is 3.58. The van der Waals surface area contributed by atoms with E-state index in [1.54, 1.807) is 19.9 Å². The van der Waals surface area contributed by atoms with E-state index in [1.807, 2.05) is 6.07 Å². The molecule has 0 aromatic carbocycles. The Hall–Kier alpha value is -4.27. The van der Waals surface area contributed by atoms with Crippen molar-refractivity contribution in [2.75, 3.05) is 18.0 Å². The monoisotopic (exact) mass is 439 g/mol. The van der Waals surface area contributed by atoms with Gasteiger partial charge in [0.15, 0.2) is 5.75 Å². The van der Waals surface area contributed by atoms with Gasteiger partial charge >= 0.3 is 5.69 Å². The Morgan fingerprint density at radius 2 is 1.88 bits per heavy atom. The van der Waals surface area contributed by atoms with Crippen LogP contribution in [0.3, 0.4) is 0 Å². The van der Waals surface area contributed by atoms with Crippen LogP contribution in [-0.2, 0) is 0 Å². The summed E-state index contributed by atoms with van der Waals surface area (Å²) < 4.78 is 32.1. The molecular formula is C20H15F2N7O3. The normalized spacial score (nSPS) is 14.4. The van der Waals surface area contributed by atoms with Crippen molar-refractivity contribution >= 4 is 11.6 Å². The molecule has 0 saturated carbocycles. The predicted molar refractivity (Wildman–Crippen MR) is 108 cm³/mol. The van der Waals surface area contributed by atoms with Crippen molar-refractivity contribution in [3.8, 4) is 29.0 Å². The first-order chi connectivity index (χ1) is 15.2. The molecule has 3 aromatic rings. The molecule has 0 spiro atoms. The number of alkyl halides is 2. The van der Waals surface area contributed by atoms with Crippen LogP contribution in [0.1, 0.15) is 17.0 Å². The van der Waals surface area contributed by atoms with Crippen molar-refractivity contribution in [2.24, 2.45) is 0 Å². The number of rotatable bonds is 5. The fourth-order valence-corrected chi connectivity index (χ4v) is 3.18. The summed E-state index contributed by atoms with van der Waals surface area (Å²) in [5, 5.41) is 20.6. The molecule has 1 aliphatic rings. The summed E-state index contributed by atoms with van der Waals surface area (Å²) in [7, 11) is 0. The molecule has 1 fully saturated rings. The molecule has 0 amide bonds. The Bertz CT molecular complexity index is 1250. The largest absolute Gasteiger partial charge is 0.430 e. The zero-order valence-electron chi connectivity index (χ0n) is 16.9. The number of ether oxygens (including phenoxy) is 1. The molecule has 162 valence electrons. The van der Waals surface area contributed by atoms with Gasteiger partial charge in [-0.15, -0.1) is 0 Å². The smallest absolute Gasteiger partial charge is 0.331 e. The minimum Gasteiger partial charge on any atom is -0.430 e. The van der Waals surface area contributed by atoms with Crippen molar-refractivity contribution in [2.45, 2.75) is 19.8 Å². The summed E-state index contributed by atoms with van der Waals surface area (Å²) in [4.78, 5) is 28.8. The summed E-state index contributed by atoms with van der Waals surface area (Å²) in [6, 6.07) is 6.17. The first-order valence-corrected chi connectivity index (χ1v) is 9.34. The van der Waals surface area contributed by atoms with Gasteiger partial charge in [-0.05, 0) is 26.0 Å². The van der Waals surface area contributed by atoms with E-state index in [2.05, 4.69) is 19.9 Å². The van der Waals surface area contributed by atoms with E-state index in [1.165, 1.54) is 29.4 Å². The first-order valence-electron chi connectivity index (χ1n) is 9.34. The van der Waals surface area contributed by atoms with E-state index >= 15 is 0 Å². The second-order valence-electron chi connectivity index (χ2n) is 7.19. The maximum atomic E-state index is 13.2. The third kappa shape index (κ3) is 4.00. The number of nitriles is 1. The van der Waals surface area contributed by atoms with Gasteiger partial charge in [0, 0.05) is 24.0 Å². The van der Waals surface area contributed by atoms with Gasteiger partial charge in [0.2, 0.25) is 5.95 Å². The van der Waals surface area contributed by atoms with Crippen LogP contribution in [0.2, 0.25) is 0 Å². The number of pyridine rings is 2. The van der Waals surface area contributed by atoms with Crippen molar-refractivity contribution < 1.29 is 18.4 Å². The van der Waals surface area contributed by atoms with E-state index in [0.717, 1.165) is 0 Å². The number of anilines is 1. The topological polar surface area (TPSA) is 131 Å². The van der Waals surface area contributed by atoms with E-state index in [0.29, 0.717) is 28.2 Å². The molecule has 0 atom stereocenters. The number of aryl methyl sites for hydroxylation is 2. The third-order valence-corrected chi connectivity index (χ3v) is 4.72. The number of hydrogen-bond acceptors (Lipinski definition) is 9. The Morgan fingerprint density at radius 1 is 1.19 bits per heavy atom. The molecule has 1 saturated heterocycles. The quantitative estimate of drug-likeness (QED) is 0.432. The van der Waals surface area contributed by atoms with Crippen LogP contribution in [-0.4, -0.2) is 43.9 Å². The fraction of sp³-hybridized carbons (Fsp3) is 0.250. The number of nitrogens with zero attached hydrogens (tertiary/aromatic N) is 7. The first kappa shape index (κ1) is 21.0. The average Bonchev–Trinajstić information content (AvgIpc) is 2.74. The highest BCUT2D eigenvalue weighted by molar-refractivity contribution is 5.63. The molecule has 0 unspecified atom stereocenters. The molecule has 4 rings (SSSR count). The van der Waals surface area contributed by atoms with Gasteiger partial charge < -0.3 is 9.64 Å². The Morgan fingerprint density at radius 3 is 2.47 bits per heavy atom. The molecule has 0 radical (unpaired) electrons. The third-order valence-electron chi connectivity index (χ3n) is 4.72. The standard InChI is InChI=1S/C20H15F2N7O3/c1-11-17(12(2)26-19(25-11)28-9-20(21,22)10-28)32-18-16(29(30)31)4-3-15(27-18)14-5-13(6-23)7-24-8-14/h3-5,7-8H,9-10H2,1-2H3. The molecule has 0 bridgehead atoms. The molecule has 1 aliphatic heterocycles. The van der Waals surface area contributed by atoms with Crippen LogP contribution < -0.4 is 9.64 Å². The van der Waals surface area contributed by atoms with Gasteiger partial charge in [0.1, 0.15) is 6.07 Å². The van der Waals surface area contributed by atoms with Crippen molar-refractivity contribution in [3.63, 3.8) is 0 Å². The summed E-state index contributed by atoms with van der Waals surface area (Å²) >= 11 is 0. The zero-order valence-corrected chi connectivity index (χ0v) is 16.9. The SMILES string of the molecule is Cc1nc(N2CC(F)(F)C2)nc(C)c1Oc1nc(-c2cncc(C#N)c2)ccc1[N+](=O)[O-]. The van der Waals surface area contributed by atoms with Gasteiger partial charge in [-0.25, -0.2) is 23.7 Å². The average molecular weight is 439 g/mol. The van der Waals surface area contributed by atoms with Crippen LogP contribution in [0, 0.1) is 35.3 Å². The van der Waals surface area contributed by atoms with Crippen LogP contribution >= 0.6 is 0 Å². The molecule has 12 heteroatoms. The number of nitro groups is 1. The lowest BCUT2D eigenvalue weighted by molar-refractivity contribution is -0.386. The number of aromatic nitrogens is 4. The highest BCUT2D eigenvalue weighted by Crippen LogP contribution is 2.36. The molecule has 0 N–H and O–H groups in total. The summed E-state index contributed by atoms with van der Waals surface area (Å²) in [6.45, 7) is 2.22. The summed E-state index contributed by atoms with van der Waals surface area (Å²) in [5.74, 6) is -2.80. The molecule has 3 aromatic heterocycles. The molecule has 32 heavy (non-hydrogen) atoms. The van der Waals surface area contributed by atoms with E-state index < -0.39 is 23.9 Å². The van der Waals surface area contributed by atoms with Gasteiger partial charge in [0.25, 0.3) is 11.8 Å². The van der Waals surface area contributed by atoms with Gasteiger partial charge in [-0.2, -0.15) is 5.26 Å². The molecule has 0 aliphatic carbocycles. The van der Waals surface area contributed by atoms with Crippen molar-refractivity contribution in [3.05, 3.63) is 57.7 Å². The fourth-order valence-electron chi connectivity index (χ4n) is 3.18. The maximum Gasteiger partial charge on any atom is 0.331 e. The minimum atomic E-state index is -2.77.